The van der Waals surface area contributed by atoms with Crippen LogP contribution in [0.5, 0.6) is 0 Å². The molecule has 2 N–H and O–H groups in total. The van der Waals surface area contributed by atoms with Gasteiger partial charge in [-0.05, 0) is 17.2 Å². The van der Waals surface area contributed by atoms with Crippen LogP contribution in [0.2, 0.25) is 0 Å². The molecule has 0 aliphatic rings. The number of nitrogens with zero attached hydrogens (tertiary/aromatic N) is 2. The summed E-state index contributed by atoms with van der Waals surface area (Å²) in [4.78, 5) is 4.04. The van der Waals surface area contributed by atoms with E-state index in [2.05, 4.69) is 20.8 Å². The molecular weight excluding hydrogens is 331 g/mol. The quantitative estimate of drug-likeness (QED) is 0.544. The molecule has 1 aromatic heterocycles. The zero-order valence-corrected chi connectivity index (χ0v) is 15.0. The number of hydrogen-bond acceptors (Lipinski definition) is 3. The molecule has 2 aromatic carbocycles. The first-order valence-electron chi connectivity index (χ1n) is 8.35. The predicted molar refractivity (Wildman–Crippen MR) is 102 cm³/mol. The summed E-state index contributed by atoms with van der Waals surface area (Å²) >= 11 is 0. The van der Waals surface area contributed by atoms with E-state index >= 15 is 0 Å². The number of benzene rings is 2. The number of guanidine groups is 1. The Morgan fingerprint density at radius 2 is 1.88 bits per heavy atom. The second kappa shape index (κ2) is 7.82. The fourth-order valence-corrected chi connectivity index (χ4v) is 2.72. The van der Waals surface area contributed by atoms with Crippen molar-refractivity contribution in [3.63, 3.8) is 0 Å². The van der Waals surface area contributed by atoms with Gasteiger partial charge in [0.05, 0.1) is 5.69 Å². The Balaban J connectivity index is 1.77. The highest BCUT2D eigenvalue weighted by Gasteiger charge is 2.15. The number of rotatable bonds is 4. The Labute approximate surface area is 151 Å². The maximum atomic E-state index is 13.9. The largest absolute Gasteiger partial charge is 0.359 e. The summed E-state index contributed by atoms with van der Waals surface area (Å²) in [6.45, 7) is 2.05. The van der Waals surface area contributed by atoms with Gasteiger partial charge < -0.3 is 9.84 Å². The zero-order valence-electron chi connectivity index (χ0n) is 15.0. The Morgan fingerprint density at radius 1 is 1.15 bits per heavy atom. The minimum absolute atomic E-state index is 0.0422. The predicted octanol–water partition coefficient (Wildman–Crippen LogP) is 4.25. The van der Waals surface area contributed by atoms with Crippen LogP contribution in [0, 0.1) is 5.82 Å². The highest BCUT2D eigenvalue weighted by molar-refractivity contribution is 5.92. The van der Waals surface area contributed by atoms with Gasteiger partial charge in [0.2, 0.25) is 5.88 Å². The van der Waals surface area contributed by atoms with Gasteiger partial charge in [-0.2, -0.15) is 0 Å². The molecule has 0 aliphatic heterocycles. The second-order valence-corrected chi connectivity index (χ2v) is 5.89. The highest BCUT2D eigenvalue weighted by atomic mass is 19.1. The van der Waals surface area contributed by atoms with E-state index in [0.717, 1.165) is 16.8 Å². The molecule has 1 atom stereocenters. The lowest BCUT2D eigenvalue weighted by Crippen LogP contribution is -2.26. The van der Waals surface area contributed by atoms with Gasteiger partial charge in [-0.3, -0.25) is 10.3 Å². The van der Waals surface area contributed by atoms with E-state index in [1.807, 2.05) is 43.3 Å². The molecule has 0 saturated heterocycles. The molecule has 0 amide bonds. The van der Waals surface area contributed by atoms with Crippen molar-refractivity contribution < 1.29 is 8.91 Å². The van der Waals surface area contributed by atoms with Crippen LogP contribution in [0.25, 0.3) is 11.1 Å². The van der Waals surface area contributed by atoms with Crippen LogP contribution in [0.1, 0.15) is 24.1 Å². The first kappa shape index (κ1) is 17.7. The first-order chi connectivity index (χ1) is 12.6. The minimum Gasteiger partial charge on any atom is -0.359 e. The number of nitrogens with one attached hydrogen (secondary N) is 2. The van der Waals surface area contributed by atoms with Crippen molar-refractivity contribution in [2.75, 3.05) is 19.4 Å². The molecule has 1 heterocycles. The van der Waals surface area contributed by atoms with Crippen molar-refractivity contribution >= 4 is 11.8 Å². The molecule has 5 nitrogen and oxygen atoms in total. The summed E-state index contributed by atoms with van der Waals surface area (Å²) < 4.78 is 19.2. The van der Waals surface area contributed by atoms with Crippen molar-refractivity contribution in [2.45, 2.75) is 12.8 Å². The molecule has 134 valence electrons. The van der Waals surface area contributed by atoms with E-state index in [-0.39, 0.29) is 11.7 Å². The van der Waals surface area contributed by atoms with Crippen LogP contribution in [0.4, 0.5) is 10.3 Å². The summed E-state index contributed by atoms with van der Waals surface area (Å²) in [5, 5.41) is 10.1. The van der Waals surface area contributed by atoms with Gasteiger partial charge in [0, 0.05) is 31.6 Å². The van der Waals surface area contributed by atoms with E-state index in [9.17, 15) is 4.39 Å². The van der Waals surface area contributed by atoms with Crippen LogP contribution < -0.4 is 10.6 Å². The van der Waals surface area contributed by atoms with Crippen LogP contribution in [0.15, 0.2) is 64.1 Å². The molecule has 0 fully saturated rings. The SMILES string of the molecule is CN=C(NC)Nc1cc(C(C)c2ccc(-c3ccccc3F)cc2)no1. The van der Waals surface area contributed by atoms with Crippen molar-refractivity contribution in [3.8, 4) is 11.1 Å². The maximum absolute atomic E-state index is 13.9. The molecule has 0 aliphatic carbocycles. The van der Waals surface area contributed by atoms with Gasteiger partial charge in [-0.15, -0.1) is 0 Å². The molecule has 0 bridgehead atoms. The van der Waals surface area contributed by atoms with Gasteiger partial charge in [0.1, 0.15) is 5.82 Å². The smallest absolute Gasteiger partial charge is 0.231 e. The highest BCUT2D eigenvalue weighted by Crippen LogP contribution is 2.28. The Bertz CT molecular complexity index is 902. The Kier molecular flexibility index (Phi) is 5.31. The summed E-state index contributed by atoms with van der Waals surface area (Å²) in [5.41, 5.74) is 3.32. The molecule has 1 unspecified atom stereocenters. The number of hydrogen-bond donors (Lipinski definition) is 2. The summed E-state index contributed by atoms with van der Waals surface area (Å²) in [5.74, 6) is 0.929. The Hall–Kier alpha value is -3.15. The normalized spacial score (nSPS) is 12.7. The standard InChI is InChI=1S/C20H21FN4O/c1-13(18-12-19(26-25-18)24-20(22-2)23-3)14-8-10-15(11-9-14)16-6-4-5-7-17(16)21/h4-13H,1-3H3,(H2,22,23,24). The maximum Gasteiger partial charge on any atom is 0.231 e. The average molecular weight is 352 g/mol. The summed E-state index contributed by atoms with van der Waals surface area (Å²) in [6, 6.07) is 16.4. The lowest BCUT2D eigenvalue weighted by molar-refractivity contribution is 0.424. The summed E-state index contributed by atoms with van der Waals surface area (Å²) in [6.07, 6.45) is 0. The van der Waals surface area contributed by atoms with Gasteiger partial charge >= 0.3 is 0 Å². The molecule has 6 heteroatoms. The summed E-state index contributed by atoms with van der Waals surface area (Å²) in [7, 11) is 3.45. The van der Waals surface area contributed by atoms with E-state index in [1.165, 1.54) is 6.07 Å². The number of aromatic nitrogens is 1. The monoisotopic (exact) mass is 352 g/mol. The lowest BCUT2D eigenvalue weighted by Gasteiger charge is -2.10. The molecule has 0 spiro atoms. The second-order valence-electron chi connectivity index (χ2n) is 5.89. The van der Waals surface area contributed by atoms with Gasteiger partial charge in [-0.25, -0.2) is 4.39 Å². The van der Waals surface area contributed by atoms with Crippen LogP contribution in [0.3, 0.4) is 0 Å². The van der Waals surface area contributed by atoms with E-state index < -0.39 is 0 Å². The van der Waals surface area contributed by atoms with E-state index in [1.54, 1.807) is 26.2 Å². The van der Waals surface area contributed by atoms with Crippen molar-refractivity contribution in [1.29, 1.82) is 0 Å². The number of halogens is 1. The first-order valence-corrected chi connectivity index (χ1v) is 8.35. The van der Waals surface area contributed by atoms with Crippen LogP contribution in [-0.2, 0) is 0 Å². The topological polar surface area (TPSA) is 62.5 Å². The molecular formula is C20H21FN4O. The third-order valence-corrected chi connectivity index (χ3v) is 4.27. The van der Waals surface area contributed by atoms with E-state index in [4.69, 9.17) is 4.52 Å². The molecule has 3 aromatic rings. The number of anilines is 1. The minimum atomic E-state index is -0.224. The van der Waals surface area contributed by atoms with Gasteiger partial charge in [0.25, 0.3) is 0 Å². The van der Waals surface area contributed by atoms with E-state index in [0.29, 0.717) is 17.4 Å². The fourth-order valence-electron chi connectivity index (χ4n) is 2.72. The molecule has 26 heavy (non-hydrogen) atoms. The van der Waals surface area contributed by atoms with Crippen molar-refractivity contribution in [2.24, 2.45) is 4.99 Å². The third kappa shape index (κ3) is 3.74. The fraction of sp³-hybridized carbons (Fsp3) is 0.200. The average Bonchev–Trinajstić information content (AvgIpc) is 3.14. The molecule has 3 rings (SSSR count). The van der Waals surface area contributed by atoms with Gasteiger partial charge in [0.15, 0.2) is 5.96 Å². The molecule has 0 saturated carbocycles. The van der Waals surface area contributed by atoms with Crippen molar-refractivity contribution in [1.82, 2.24) is 10.5 Å². The van der Waals surface area contributed by atoms with Gasteiger partial charge in [-0.1, -0.05) is 54.5 Å². The number of aliphatic imine (C=N–C) groups is 1. The lowest BCUT2D eigenvalue weighted by atomic mass is 9.95. The third-order valence-electron chi connectivity index (χ3n) is 4.27. The van der Waals surface area contributed by atoms with Crippen molar-refractivity contribution in [3.05, 3.63) is 71.7 Å². The Morgan fingerprint density at radius 3 is 2.54 bits per heavy atom. The van der Waals surface area contributed by atoms with Crippen LogP contribution >= 0.6 is 0 Å². The zero-order chi connectivity index (χ0) is 18.5. The molecule has 0 radical (unpaired) electrons. The van der Waals surface area contributed by atoms with Crippen LogP contribution in [-0.4, -0.2) is 25.2 Å².